The first-order chi connectivity index (χ1) is 9.30. The van der Waals surface area contributed by atoms with Gasteiger partial charge in [0.2, 0.25) is 0 Å². The van der Waals surface area contributed by atoms with Crippen LogP contribution in [0.1, 0.15) is 33.6 Å². The molecular formula is C14H21N3O3. The Morgan fingerprint density at radius 1 is 1.40 bits per heavy atom. The van der Waals surface area contributed by atoms with E-state index in [-0.39, 0.29) is 11.8 Å². The first-order valence-electron chi connectivity index (χ1n) is 6.93. The molecule has 0 aromatic carbocycles. The third kappa shape index (κ3) is 2.93. The van der Waals surface area contributed by atoms with Crippen molar-refractivity contribution in [2.45, 2.75) is 44.9 Å². The number of carbonyl (C=O) groups is 2. The molecule has 6 heteroatoms. The third-order valence-corrected chi connectivity index (χ3v) is 3.67. The summed E-state index contributed by atoms with van der Waals surface area (Å²) in [6, 6.07) is 2.18. The fourth-order valence-corrected chi connectivity index (χ4v) is 2.49. The first-order valence-corrected chi connectivity index (χ1v) is 6.93. The van der Waals surface area contributed by atoms with Gasteiger partial charge in [0.15, 0.2) is 11.9 Å². The summed E-state index contributed by atoms with van der Waals surface area (Å²) in [4.78, 5) is 25.5. The molecule has 1 saturated carbocycles. The molecule has 1 saturated heterocycles. The zero-order valence-corrected chi connectivity index (χ0v) is 12.2. The van der Waals surface area contributed by atoms with E-state index in [2.05, 4.69) is 11.4 Å². The molecule has 1 aliphatic carbocycles. The van der Waals surface area contributed by atoms with Crippen LogP contribution in [0.3, 0.4) is 0 Å². The first kappa shape index (κ1) is 14.8. The standard InChI is InChI=1S/C14H21N3O3/c1-13(2,3)20-12(19)16-14(9-18,11-4-5-11)17-7-10(6-15)8-17/h9-11H,4-5,7-8H2,1-3H3,(H,16,19)/t14-/m0/s1. The van der Waals surface area contributed by atoms with Crippen molar-refractivity contribution in [3.8, 4) is 6.07 Å². The molecule has 1 amide bonds. The number of alkyl carbamates (subject to hydrolysis) is 1. The zero-order valence-electron chi connectivity index (χ0n) is 12.2. The molecule has 2 fully saturated rings. The van der Waals surface area contributed by atoms with E-state index in [1.165, 1.54) is 0 Å². The van der Waals surface area contributed by atoms with E-state index < -0.39 is 17.4 Å². The van der Waals surface area contributed by atoms with Gasteiger partial charge in [0.05, 0.1) is 12.0 Å². The van der Waals surface area contributed by atoms with Crippen LogP contribution >= 0.6 is 0 Å². The van der Waals surface area contributed by atoms with E-state index in [4.69, 9.17) is 10.00 Å². The Bertz CT molecular complexity index is 442. The number of carbonyl (C=O) groups excluding carboxylic acids is 2. The molecule has 0 radical (unpaired) electrons. The van der Waals surface area contributed by atoms with Gasteiger partial charge in [-0.05, 0) is 33.6 Å². The minimum Gasteiger partial charge on any atom is -0.444 e. The lowest BCUT2D eigenvalue weighted by Gasteiger charge is -2.48. The molecule has 0 aromatic rings. The number of nitriles is 1. The largest absolute Gasteiger partial charge is 0.444 e. The molecular weight excluding hydrogens is 258 g/mol. The lowest BCUT2D eigenvalue weighted by molar-refractivity contribution is -0.128. The molecule has 2 rings (SSSR count). The number of nitrogens with one attached hydrogen (secondary N) is 1. The van der Waals surface area contributed by atoms with Crippen molar-refractivity contribution in [1.29, 1.82) is 5.26 Å². The van der Waals surface area contributed by atoms with Gasteiger partial charge in [0.1, 0.15) is 5.60 Å². The average Bonchev–Trinajstić information content (AvgIpc) is 3.07. The van der Waals surface area contributed by atoms with Crippen molar-refractivity contribution in [3.05, 3.63) is 0 Å². The smallest absolute Gasteiger partial charge is 0.409 e. The second-order valence-electron chi connectivity index (χ2n) is 6.58. The lowest BCUT2D eigenvalue weighted by Crippen LogP contribution is -2.69. The van der Waals surface area contributed by atoms with Crippen molar-refractivity contribution in [1.82, 2.24) is 10.2 Å². The minimum absolute atomic E-state index is 0.0616. The summed E-state index contributed by atoms with van der Waals surface area (Å²) in [6.45, 7) is 6.37. The van der Waals surface area contributed by atoms with Gasteiger partial charge in [-0.15, -0.1) is 0 Å². The molecule has 20 heavy (non-hydrogen) atoms. The number of amides is 1. The number of rotatable bonds is 4. The topological polar surface area (TPSA) is 82.4 Å². The molecule has 1 aliphatic heterocycles. The number of ether oxygens (including phenoxy) is 1. The van der Waals surface area contributed by atoms with Crippen LogP contribution in [0.5, 0.6) is 0 Å². The monoisotopic (exact) mass is 279 g/mol. The van der Waals surface area contributed by atoms with Gasteiger partial charge in [-0.3, -0.25) is 15.0 Å². The van der Waals surface area contributed by atoms with Gasteiger partial charge in [-0.2, -0.15) is 5.26 Å². The molecule has 0 unspecified atom stereocenters. The third-order valence-electron chi connectivity index (χ3n) is 3.67. The van der Waals surface area contributed by atoms with Crippen LogP contribution in [0.15, 0.2) is 0 Å². The number of hydrogen-bond acceptors (Lipinski definition) is 5. The molecule has 1 atom stereocenters. The summed E-state index contributed by atoms with van der Waals surface area (Å²) >= 11 is 0. The number of hydrogen-bond donors (Lipinski definition) is 1. The van der Waals surface area contributed by atoms with Crippen LogP contribution in [-0.4, -0.2) is 41.6 Å². The van der Waals surface area contributed by atoms with Crippen molar-refractivity contribution >= 4 is 12.4 Å². The summed E-state index contributed by atoms with van der Waals surface area (Å²) in [6.07, 6.45) is 2.02. The van der Waals surface area contributed by atoms with E-state index in [0.717, 1.165) is 19.1 Å². The van der Waals surface area contributed by atoms with Gasteiger partial charge in [0.25, 0.3) is 0 Å². The van der Waals surface area contributed by atoms with Crippen LogP contribution in [0, 0.1) is 23.2 Å². The molecule has 1 N–H and O–H groups in total. The molecule has 6 nitrogen and oxygen atoms in total. The molecule has 0 bridgehead atoms. The number of likely N-dealkylation sites (tertiary alicyclic amines) is 1. The molecule has 2 aliphatic rings. The van der Waals surface area contributed by atoms with Crippen LogP contribution in [0.25, 0.3) is 0 Å². The van der Waals surface area contributed by atoms with Gasteiger partial charge in [0, 0.05) is 19.0 Å². The highest BCUT2D eigenvalue weighted by Crippen LogP contribution is 2.43. The SMILES string of the molecule is CC(C)(C)OC(=O)N[C@](C=O)(C1CC1)N1CC(C#N)C1. The second-order valence-corrected chi connectivity index (χ2v) is 6.58. The molecule has 1 heterocycles. The highest BCUT2D eigenvalue weighted by atomic mass is 16.6. The Kier molecular flexibility index (Phi) is 3.74. The Labute approximate surface area is 119 Å². The number of aldehydes is 1. The predicted octanol–water partition coefficient (Wildman–Crippen LogP) is 1.27. The Morgan fingerprint density at radius 3 is 2.40 bits per heavy atom. The average molecular weight is 279 g/mol. The summed E-state index contributed by atoms with van der Waals surface area (Å²) in [5.74, 6) is 0.0562. The Morgan fingerprint density at radius 2 is 2.00 bits per heavy atom. The fourth-order valence-electron chi connectivity index (χ4n) is 2.49. The summed E-state index contributed by atoms with van der Waals surface area (Å²) < 4.78 is 5.24. The highest BCUT2D eigenvalue weighted by molar-refractivity contribution is 5.77. The van der Waals surface area contributed by atoms with E-state index in [0.29, 0.717) is 13.1 Å². The van der Waals surface area contributed by atoms with E-state index in [1.54, 1.807) is 20.8 Å². The lowest BCUT2D eigenvalue weighted by atomic mass is 9.93. The Balaban J connectivity index is 2.07. The van der Waals surface area contributed by atoms with E-state index in [9.17, 15) is 9.59 Å². The molecule has 0 aromatic heterocycles. The minimum atomic E-state index is -1.00. The maximum Gasteiger partial charge on any atom is 0.409 e. The van der Waals surface area contributed by atoms with E-state index in [1.807, 2.05) is 4.90 Å². The van der Waals surface area contributed by atoms with Crippen LogP contribution in [-0.2, 0) is 9.53 Å². The molecule has 0 spiro atoms. The van der Waals surface area contributed by atoms with Crippen molar-refractivity contribution in [2.75, 3.05) is 13.1 Å². The summed E-state index contributed by atoms with van der Waals surface area (Å²) in [7, 11) is 0. The van der Waals surface area contributed by atoms with Crippen molar-refractivity contribution < 1.29 is 14.3 Å². The molecule has 110 valence electrons. The van der Waals surface area contributed by atoms with Gasteiger partial charge in [-0.1, -0.05) is 0 Å². The summed E-state index contributed by atoms with van der Waals surface area (Å²) in [5.41, 5.74) is -1.61. The highest BCUT2D eigenvalue weighted by Gasteiger charge is 2.54. The van der Waals surface area contributed by atoms with Crippen LogP contribution in [0.2, 0.25) is 0 Å². The van der Waals surface area contributed by atoms with Gasteiger partial charge in [-0.25, -0.2) is 4.79 Å². The quantitative estimate of drug-likeness (QED) is 0.784. The fraction of sp³-hybridized carbons (Fsp3) is 0.786. The number of nitrogens with zero attached hydrogens (tertiary/aromatic N) is 2. The van der Waals surface area contributed by atoms with Gasteiger partial charge < -0.3 is 4.74 Å². The van der Waals surface area contributed by atoms with Crippen LogP contribution < -0.4 is 5.32 Å². The van der Waals surface area contributed by atoms with Crippen LogP contribution in [0.4, 0.5) is 4.79 Å². The van der Waals surface area contributed by atoms with E-state index >= 15 is 0 Å². The van der Waals surface area contributed by atoms with Crippen molar-refractivity contribution in [2.24, 2.45) is 11.8 Å². The maximum absolute atomic E-state index is 12.0. The second kappa shape index (κ2) is 5.06. The predicted molar refractivity (Wildman–Crippen MR) is 71.6 cm³/mol. The van der Waals surface area contributed by atoms with Gasteiger partial charge >= 0.3 is 6.09 Å². The Hall–Kier alpha value is -1.61. The summed E-state index contributed by atoms with van der Waals surface area (Å²) in [5, 5.41) is 11.6. The maximum atomic E-state index is 12.0. The normalized spacial score (nSPS) is 23.1. The van der Waals surface area contributed by atoms with Crippen molar-refractivity contribution in [3.63, 3.8) is 0 Å². The zero-order chi connectivity index (χ0) is 15.0.